The lowest BCUT2D eigenvalue weighted by atomic mass is 9.65. The number of nitrogens with zero attached hydrogens (tertiary/aromatic N) is 2. The molecule has 0 N–H and O–H groups in total. The highest BCUT2D eigenvalue weighted by Crippen LogP contribution is 2.62. The number of unbranched alkanes of at least 4 members (excludes halogenated alkanes) is 2. The van der Waals surface area contributed by atoms with Crippen molar-refractivity contribution in [1.29, 1.82) is 10.5 Å². The molecule has 0 fully saturated rings. The topological polar surface area (TPSA) is 73.9 Å². The lowest BCUT2D eigenvalue weighted by Gasteiger charge is -2.37. The standard InChI is InChI=1S/C35H40N2O2S2/c1-5-9-11-23(7-3)19-35(20-24(8-4)12-10-6-2)27-17-31(29-15-13-25(21-36)38-29)40-33(27)34-28(35)18-32(41-34)30-16-14-26(22-37)39-30/h13-18,23-24H,5-12,19-20H2,1-4H3. The molecular formula is C35H40N2O2S2. The second kappa shape index (κ2) is 12.8. The predicted molar refractivity (Wildman–Crippen MR) is 169 cm³/mol. The minimum atomic E-state index is -0.0771. The monoisotopic (exact) mass is 584 g/mol. The third kappa shape index (κ3) is 5.70. The van der Waals surface area contributed by atoms with Crippen LogP contribution in [-0.2, 0) is 5.41 Å². The lowest BCUT2D eigenvalue weighted by Crippen LogP contribution is -2.31. The highest BCUT2D eigenvalue weighted by Gasteiger charge is 2.48. The Morgan fingerprint density at radius 3 is 1.49 bits per heavy atom. The number of hydrogen-bond donors (Lipinski definition) is 0. The summed E-state index contributed by atoms with van der Waals surface area (Å²) in [4.78, 5) is 4.86. The molecule has 0 spiro atoms. The van der Waals surface area contributed by atoms with Crippen molar-refractivity contribution >= 4 is 22.7 Å². The number of furan rings is 2. The Hall–Kier alpha value is -3.06. The van der Waals surface area contributed by atoms with Crippen LogP contribution in [0.1, 0.15) is 115 Å². The molecule has 1 aliphatic rings. The van der Waals surface area contributed by atoms with Gasteiger partial charge in [0.05, 0.1) is 9.75 Å². The minimum absolute atomic E-state index is 0.0771. The van der Waals surface area contributed by atoms with E-state index in [2.05, 4.69) is 52.0 Å². The molecule has 0 amide bonds. The van der Waals surface area contributed by atoms with E-state index < -0.39 is 0 Å². The fraction of sp³-hybridized carbons (Fsp3) is 0.486. The van der Waals surface area contributed by atoms with Crippen molar-refractivity contribution in [2.75, 3.05) is 0 Å². The number of hydrogen-bond acceptors (Lipinski definition) is 6. The molecule has 214 valence electrons. The van der Waals surface area contributed by atoms with Crippen molar-refractivity contribution < 1.29 is 8.83 Å². The highest BCUT2D eigenvalue weighted by atomic mass is 32.1. The van der Waals surface area contributed by atoms with Crippen molar-refractivity contribution in [3.8, 4) is 43.2 Å². The smallest absolute Gasteiger partial charge is 0.204 e. The van der Waals surface area contributed by atoms with Crippen LogP contribution in [0.4, 0.5) is 0 Å². The van der Waals surface area contributed by atoms with Crippen molar-refractivity contribution in [2.45, 2.75) is 97.3 Å². The molecule has 2 atom stereocenters. The fourth-order valence-corrected chi connectivity index (χ4v) is 9.27. The first kappa shape index (κ1) is 29.4. The Morgan fingerprint density at radius 1 is 0.707 bits per heavy atom. The summed E-state index contributed by atoms with van der Waals surface area (Å²) in [5.74, 6) is 3.53. The van der Waals surface area contributed by atoms with Gasteiger partial charge >= 0.3 is 0 Å². The SMILES string of the molecule is CCCCC(CC)CC1(CC(CC)CCCC)c2cc(-c3ccc(C#N)o3)sc2-c2sc(-c3ccc(C#N)o3)cc21. The molecule has 5 rings (SSSR count). The maximum atomic E-state index is 9.39. The molecule has 0 radical (unpaired) electrons. The maximum absolute atomic E-state index is 9.39. The van der Waals surface area contributed by atoms with Crippen LogP contribution >= 0.6 is 22.7 Å². The van der Waals surface area contributed by atoms with Crippen molar-refractivity contribution in [3.63, 3.8) is 0 Å². The van der Waals surface area contributed by atoms with Crippen LogP contribution < -0.4 is 0 Å². The van der Waals surface area contributed by atoms with Crippen molar-refractivity contribution in [1.82, 2.24) is 0 Å². The van der Waals surface area contributed by atoms with Gasteiger partial charge in [-0.05, 0) is 72.2 Å². The first-order valence-electron chi connectivity index (χ1n) is 15.3. The third-order valence-corrected chi connectivity index (χ3v) is 11.4. The molecule has 1 aliphatic carbocycles. The molecule has 41 heavy (non-hydrogen) atoms. The van der Waals surface area contributed by atoms with E-state index in [1.807, 2.05) is 12.1 Å². The summed E-state index contributed by atoms with van der Waals surface area (Å²) >= 11 is 3.58. The zero-order chi connectivity index (χ0) is 29.0. The van der Waals surface area contributed by atoms with E-state index in [1.54, 1.807) is 34.8 Å². The van der Waals surface area contributed by atoms with E-state index in [0.717, 1.165) is 34.1 Å². The zero-order valence-corrected chi connectivity index (χ0v) is 26.4. The van der Waals surface area contributed by atoms with Crippen LogP contribution in [0.5, 0.6) is 0 Å². The number of fused-ring (bicyclic) bond motifs is 3. The van der Waals surface area contributed by atoms with Crippen LogP contribution in [0, 0.1) is 34.5 Å². The third-order valence-electron chi connectivity index (χ3n) is 8.98. The zero-order valence-electron chi connectivity index (χ0n) is 24.7. The average molecular weight is 585 g/mol. The Balaban J connectivity index is 1.69. The molecule has 0 aliphatic heterocycles. The first-order valence-corrected chi connectivity index (χ1v) is 16.9. The summed E-state index contributed by atoms with van der Waals surface area (Å²) in [5.41, 5.74) is 2.82. The van der Waals surface area contributed by atoms with Crippen LogP contribution in [0.15, 0.2) is 45.2 Å². The Labute approximate surface area is 252 Å². The molecule has 2 unspecified atom stereocenters. The Kier molecular flexibility index (Phi) is 9.22. The summed E-state index contributed by atoms with van der Waals surface area (Å²) in [5, 5.41) is 18.8. The van der Waals surface area contributed by atoms with Gasteiger partial charge in [-0.25, -0.2) is 0 Å². The highest BCUT2D eigenvalue weighted by molar-refractivity contribution is 7.25. The predicted octanol–water partition coefficient (Wildman–Crippen LogP) is 11.6. The minimum Gasteiger partial charge on any atom is -0.445 e. The van der Waals surface area contributed by atoms with Crippen LogP contribution in [0.25, 0.3) is 31.0 Å². The molecule has 4 aromatic heterocycles. The van der Waals surface area contributed by atoms with Crippen molar-refractivity contribution in [3.05, 3.63) is 59.0 Å². The average Bonchev–Trinajstić information content (AvgIpc) is 3.81. The molecule has 0 saturated carbocycles. The Morgan fingerprint density at radius 2 is 1.15 bits per heavy atom. The van der Waals surface area contributed by atoms with Gasteiger partial charge in [0, 0.05) is 15.2 Å². The first-order chi connectivity index (χ1) is 20.0. The molecule has 4 aromatic rings. The van der Waals surface area contributed by atoms with Crippen LogP contribution in [0.2, 0.25) is 0 Å². The number of rotatable bonds is 14. The van der Waals surface area contributed by atoms with Gasteiger partial charge in [-0.15, -0.1) is 22.7 Å². The fourth-order valence-electron chi connectivity index (χ4n) is 6.67. The van der Waals surface area contributed by atoms with Gasteiger partial charge in [0.1, 0.15) is 23.7 Å². The Bertz CT molecular complexity index is 1440. The second-order valence-electron chi connectivity index (χ2n) is 11.6. The van der Waals surface area contributed by atoms with E-state index in [1.165, 1.54) is 72.2 Å². The van der Waals surface area contributed by atoms with Crippen LogP contribution in [-0.4, -0.2) is 0 Å². The molecular weight excluding hydrogens is 545 g/mol. The maximum Gasteiger partial charge on any atom is 0.204 e. The summed E-state index contributed by atoms with van der Waals surface area (Å²) < 4.78 is 11.8. The number of thiophene rings is 2. The van der Waals surface area contributed by atoms with Gasteiger partial charge in [-0.3, -0.25) is 0 Å². The summed E-state index contributed by atoms with van der Waals surface area (Å²) in [6.45, 7) is 9.30. The molecule has 4 nitrogen and oxygen atoms in total. The van der Waals surface area contributed by atoms with E-state index in [4.69, 9.17) is 8.83 Å². The van der Waals surface area contributed by atoms with E-state index >= 15 is 0 Å². The molecule has 0 saturated heterocycles. The molecule has 4 heterocycles. The van der Waals surface area contributed by atoms with Gasteiger partial charge in [0.25, 0.3) is 0 Å². The lowest BCUT2D eigenvalue weighted by molar-refractivity contribution is 0.266. The van der Waals surface area contributed by atoms with Gasteiger partial charge < -0.3 is 8.83 Å². The van der Waals surface area contributed by atoms with Gasteiger partial charge in [0.15, 0.2) is 0 Å². The van der Waals surface area contributed by atoms with E-state index in [9.17, 15) is 10.5 Å². The van der Waals surface area contributed by atoms with Crippen molar-refractivity contribution in [2.24, 2.45) is 11.8 Å². The summed E-state index contributed by atoms with van der Waals surface area (Å²) in [6.07, 6.45) is 12.1. The van der Waals surface area contributed by atoms with Gasteiger partial charge in [0.2, 0.25) is 11.5 Å². The largest absolute Gasteiger partial charge is 0.445 e. The van der Waals surface area contributed by atoms with E-state index in [0.29, 0.717) is 23.4 Å². The summed E-state index contributed by atoms with van der Waals surface area (Å²) in [6, 6.07) is 16.4. The molecule has 6 heteroatoms. The molecule has 0 bridgehead atoms. The number of nitriles is 2. The van der Waals surface area contributed by atoms with E-state index in [-0.39, 0.29) is 5.41 Å². The van der Waals surface area contributed by atoms with Gasteiger partial charge in [-0.1, -0.05) is 79.1 Å². The van der Waals surface area contributed by atoms with Crippen LogP contribution in [0.3, 0.4) is 0 Å². The normalized spacial score (nSPS) is 14.8. The van der Waals surface area contributed by atoms with Gasteiger partial charge in [-0.2, -0.15) is 10.5 Å². The molecule has 0 aromatic carbocycles. The second-order valence-corrected chi connectivity index (χ2v) is 13.7. The summed E-state index contributed by atoms with van der Waals surface area (Å²) in [7, 11) is 0. The quantitative estimate of drug-likeness (QED) is 0.148.